The summed E-state index contributed by atoms with van der Waals surface area (Å²) in [5.74, 6) is -8.19. The number of halogens is 10. The number of fused-ring (bicyclic) bond motifs is 3. The molecule has 4 aromatic rings. The second-order valence-electron chi connectivity index (χ2n) is 9.72. The molecule has 0 bridgehead atoms. The molecule has 0 amide bonds. The number of hydrogen-bond acceptors (Lipinski definition) is 4. The number of alkyl halides is 6. The van der Waals surface area contributed by atoms with Crippen LogP contribution in [0.3, 0.4) is 0 Å². The first kappa shape index (κ1) is 31.3. The minimum Gasteiger partial charge on any atom is -0.204 e. The van der Waals surface area contributed by atoms with Crippen LogP contribution in [0.5, 0.6) is 0 Å². The van der Waals surface area contributed by atoms with Gasteiger partial charge in [-0.25, -0.2) is 17.6 Å². The van der Waals surface area contributed by atoms with Crippen molar-refractivity contribution >= 4 is 5.57 Å². The molecule has 4 nitrogen and oxygen atoms in total. The van der Waals surface area contributed by atoms with E-state index in [1.165, 1.54) is 0 Å². The van der Waals surface area contributed by atoms with Crippen LogP contribution in [0.4, 0.5) is 43.9 Å². The van der Waals surface area contributed by atoms with E-state index in [9.17, 15) is 65.0 Å². The molecule has 0 unspecified atom stereocenters. The molecule has 0 N–H and O–H groups in total. The topological polar surface area (TPSA) is 95.2 Å². The summed E-state index contributed by atoms with van der Waals surface area (Å²) in [6, 6.07) is 12.2. The van der Waals surface area contributed by atoms with E-state index < -0.39 is 74.6 Å². The minimum atomic E-state index is -5.34. The molecule has 46 heavy (non-hydrogen) atoms. The molecule has 0 saturated heterocycles. The second-order valence-corrected chi connectivity index (χ2v) is 9.72. The molecule has 226 valence electrons. The molecule has 0 atom stereocenters. The van der Waals surface area contributed by atoms with Crippen molar-refractivity contribution in [2.24, 2.45) is 0 Å². The third-order valence-corrected chi connectivity index (χ3v) is 7.15. The van der Waals surface area contributed by atoms with E-state index in [1.807, 2.05) is 0 Å². The van der Waals surface area contributed by atoms with Crippen LogP contribution in [0.25, 0.3) is 39.0 Å². The summed E-state index contributed by atoms with van der Waals surface area (Å²) in [5.41, 5.74) is -7.65. The summed E-state index contributed by atoms with van der Waals surface area (Å²) in [4.78, 5) is 0. The van der Waals surface area contributed by atoms with Crippen molar-refractivity contribution in [1.82, 2.24) is 0 Å². The molecule has 5 rings (SSSR count). The Labute approximate surface area is 251 Å². The monoisotopic (exact) mass is 638 g/mol. The lowest BCUT2D eigenvalue weighted by Crippen LogP contribution is -2.10. The number of nitrogens with zero attached hydrogens (tertiary/aromatic N) is 4. The minimum absolute atomic E-state index is 0.0469. The zero-order valence-electron chi connectivity index (χ0n) is 22.2. The Morgan fingerprint density at radius 3 is 1.15 bits per heavy atom. The summed E-state index contributed by atoms with van der Waals surface area (Å²) < 4.78 is 138. The van der Waals surface area contributed by atoms with Crippen LogP contribution in [0, 0.1) is 68.6 Å². The Hall–Kier alpha value is -6.12. The molecule has 0 aliphatic heterocycles. The van der Waals surface area contributed by atoms with Gasteiger partial charge >= 0.3 is 12.4 Å². The van der Waals surface area contributed by atoms with Gasteiger partial charge < -0.3 is 0 Å². The van der Waals surface area contributed by atoms with Crippen LogP contribution in [0.1, 0.15) is 33.4 Å². The number of nitriles is 4. The molecule has 14 heteroatoms. The van der Waals surface area contributed by atoms with Gasteiger partial charge in [0.2, 0.25) is 0 Å². The van der Waals surface area contributed by atoms with E-state index in [1.54, 1.807) is 24.3 Å². The lowest BCUT2D eigenvalue weighted by Gasteiger charge is -2.14. The summed E-state index contributed by atoms with van der Waals surface area (Å²) >= 11 is 0. The SMILES string of the molecule is N#CC(C#N)=C1c2cc(C#N)c(-c3cc(F)c(F)c(C(F)(F)F)c3)cc2-c2cc(-c3cc(F)c(F)c(C(F)(F)F)c3)c(C#N)cc21. The van der Waals surface area contributed by atoms with E-state index in [4.69, 9.17) is 0 Å². The fraction of sp³-hybridized carbons (Fsp3) is 0.0625. The van der Waals surface area contributed by atoms with Gasteiger partial charge in [-0.3, -0.25) is 0 Å². The molecule has 1 aliphatic rings. The molecular weight excluding hydrogens is 630 g/mol. The Balaban J connectivity index is 1.89. The molecule has 0 fully saturated rings. The van der Waals surface area contributed by atoms with Crippen molar-refractivity contribution in [3.05, 3.63) is 111 Å². The van der Waals surface area contributed by atoms with Gasteiger partial charge in [0.05, 0.1) is 34.4 Å². The highest BCUT2D eigenvalue weighted by molar-refractivity contribution is 6.07. The van der Waals surface area contributed by atoms with Gasteiger partial charge in [-0.15, -0.1) is 0 Å². The predicted octanol–water partition coefficient (Wildman–Crippen LogP) is 9.19. The van der Waals surface area contributed by atoms with Crippen LogP contribution in [0.15, 0.2) is 54.1 Å². The average molecular weight is 638 g/mol. The Morgan fingerprint density at radius 1 is 0.478 bits per heavy atom. The molecule has 0 radical (unpaired) electrons. The van der Waals surface area contributed by atoms with E-state index in [0.29, 0.717) is 12.1 Å². The van der Waals surface area contributed by atoms with Gasteiger partial charge in [-0.05, 0) is 81.9 Å². The molecule has 0 heterocycles. The second kappa shape index (κ2) is 10.8. The standard InChI is InChI=1S/C32H8F10N4/c33-26-5-13(3-24(29(26)35)31(37,38)39)18-7-20-21-8-19(14-4-25(32(40,41)42)30(36)27(34)6-14)16(10-44)2-23(21)28(17(11-45)12-46)22(20)1-15(18)9-43/h1-8H. The van der Waals surface area contributed by atoms with Gasteiger partial charge in [-0.2, -0.15) is 47.4 Å². The smallest absolute Gasteiger partial charge is 0.204 e. The Bertz CT molecular complexity index is 2060. The normalized spacial score (nSPS) is 12.0. The van der Waals surface area contributed by atoms with E-state index in [-0.39, 0.29) is 51.1 Å². The summed E-state index contributed by atoms with van der Waals surface area (Å²) in [7, 11) is 0. The maximum Gasteiger partial charge on any atom is 0.419 e. The van der Waals surface area contributed by atoms with Crippen LogP contribution in [-0.2, 0) is 12.4 Å². The first-order chi connectivity index (χ1) is 21.5. The molecule has 1 aliphatic carbocycles. The summed E-state index contributed by atoms with van der Waals surface area (Å²) in [6.07, 6.45) is -10.7. The third-order valence-electron chi connectivity index (χ3n) is 7.15. The van der Waals surface area contributed by atoms with Crippen LogP contribution in [-0.4, -0.2) is 0 Å². The van der Waals surface area contributed by atoms with Crippen molar-refractivity contribution < 1.29 is 43.9 Å². The third kappa shape index (κ3) is 4.96. The largest absolute Gasteiger partial charge is 0.419 e. The van der Waals surface area contributed by atoms with Gasteiger partial charge in [0.1, 0.15) is 17.7 Å². The molecule has 4 aromatic carbocycles. The van der Waals surface area contributed by atoms with Crippen LogP contribution >= 0.6 is 0 Å². The zero-order chi connectivity index (χ0) is 33.9. The van der Waals surface area contributed by atoms with E-state index >= 15 is 0 Å². The van der Waals surface area contributed by atoms with Crippen molar-refractivity contribution in [2.45, 2.75) is 12.4 Å². The average Bonchev–Trinajstić information content (AvgIpc) is 3.30. The number of benzene rings is 4. The number of allylic oxidation sites excluding steroid dienone is 1. The maximum atomic E-state index is 14.4. The quantitative estimate of drug-likeness (QED) is 0.142. The molecular formula is C32H8F10N4. The van der Waals surface area contributed by atoms with Gasteiger partial charge in [0.15, 0.2) is 23.3 Å². The predicted molar refractivity (Wildman–Crippen MR) is 139 cm³/mol. The van der Waals surface area contributed by atoms with Crippen LogP contribution in [0.2, 0.25) is 0 Å². The van der Waals surface area contributed by atoms with Gasteiger partial charge in [0, 0.05) is 16.7 Å². The Kier molecular flexibility index (Phi) is 7.35. The first-order valence-corrected chi connectivity index (χ1v) is 12.4. The Morgan fingerprint density at radius 2 is 0.848 bits per heavy atom. The van der Waals surface area contributed by atoms with E-state index in [0.717, 1.165) is 24.3 Å². The van der Waals surface area contributed by atoms with Crippen molar-refractivity contribution in [1.29, 1.82) is 21.0 Å². The lowest BCUT2D eigenvalue weighted by atomic mass is 9.91. The molecule has 0 spiro atoms. The van der Waals surface area contributed by atoms with Crippen molar-refractivity contribution in [3.63, 3.8) is 0 Å². The van der Waals surface area contributed by atoms with Crippen molar-refractivity contribution in [2.75, 3.05) is 0 Å². The van der Waals surface area contributed by atoms with Gasteiger partial charge in [0.25, 0.3) is 0 Å². The lowest BCUT2D eigenvalue weighted by molar-refractivity contribution is -0.141. The summed E-state index contributed by atoms with van der Waals surface area (Å²) in [6.45, 7) is 0. The highest BCUT2D eigenvalue weighted by Crippen LogP contribution is 2.50. The summed E-state index contributed by atoms with van der Waals surface area (Å²) in [5, 5.41) is 39.0. The highest BCUT2D eigenvalue weighted by atomic mass is 19.4. The van der Waals surface area contributed by atoms with Crippen LogP contribution < -0.4 is 0 Å². The fourth-order valence-corrected chi connectivity index (χ4v) is 5.17. The molecule has 0 saturated carbocycles. The zero-order valence-corrected chi connectivity index (χ0v) is 22.2. The van der Waals surface area contributed by atoms with Crippen molar-refractivity contribution in [3.8, 4) is 57.7 Å². The van der Waals surface area contributed by atoms with E-state index in [2.05, 4.69) is 0 Å². The highest BCUT2D eigenvalue weighted by Gasteiger charge is 2.38. The molecule has 0 aromatic heterocycles. The number of rotatable bonds is 2. The first-order valence-electron chi connectivity index (χ1n) is 12.4. The maximum absolute atomic E-state index is 14.4. The fourth-order valence-electron chi connectivity index (χ4n) is 5.17. The number of hydrogen-bond donors (Lipinski definition) is 0. The van der Waals surface area contributed by atoms with Gasteiger partial charge in [-0.1, -0.05) is 0 Å².